The number of amides is 2. The van der Waals surface area contributed by atoms with Crippen LogP contribution in [0, 0.1) is 13.8 Å². The van der Waals surface area contributed by atoms with E-state index in [4.69, 9.17) is 0 Å². The number of hydrogen-bond acceptors (Lipinski definition) is 3. The molecule has 3 aromatic carbocycles. The fourth-order valence-electron chi connectivity index (χ4n) is 2.86. The molecule has 3 rings (SSSR count). The number of rotatable bonds is 5. The molecule has 0 atom stereocenters. The molecule has 5 nitrogen and oxygen atoms in total. The fraction of sp³-hybridized carbons (Fsp3) is 0.125. The van der Waals surface area contributed by atoms with Crippen LogP contribution in [0.25, 0.3) is 0 Å². The predicted molar refractivity (Wildman–Crippen MR) is 115 cm³/mol. The van der Waals surface area contributed by atoms with Crippen LogP contribution < -0.4 is 10.6 Å². The van der Waals surface area contributed by atoms with Gasteiger partial charge in [0.25, 0.3) is 11.8 Å². The second-order valence-electron chi connectivity index (χ2n) is 6.94. The van der Waals surface area contributed by atoms with Crippen molar-refractivity contribution in [1.29, 1.82) is 0 Å². The monoisotopic (exact) mass is 386 g/mol. The SMILES string of the molecule is CC(=O)c1cccc(NC(=O)c2ccc(C(=O)Nc3cc(C)ccc3C)cc2)c1. The largest absolute Gasteiger partial charge is 0.322 e. The molecule has 0 aliphatic carbocycles. The summed E-state index contributed by atoms with van der Waals surface area (Å²) in [4.78, 5) is 36.4. The van der Waals surface area contributed by atoms with Gasteiger partial charge >= 0.3 is 0 Å². The van der Waals surface area contributed by atoms with Crippen molar-refractivity contribution in [3.8, 4) is 0 Å². The molecular weight excluding hydrogens is 364 g/mol. The van der Waals surface area contributed by atoms with Crippen molar-refractivity contribution in [2.45, 2.75) is 20.8 Å². The average Bonchev–Trinajstić information content (AvgIpc) is 2.71. The van der Waals surface area contributed by atoms with Crippen LogP contribution in [-0.2, 0) is 0 Å². The van der Waals surface area contributed by atoms with Crippen LogP contribution >= 0.6 is 0 Å². The molecule has 146 valence electrons. The molecular formula is C24H22N2O3. The molecule has 0 aromatic heterocycles. The van der Waals surface area contributed by atoms with Crippen molar-refractivity contribution < 1.29 is 14.4 Å². The second kappa shape index (κ2) is 8.52. The maximum absolute atomic E-state index is 12.5. The summed E-state index contributed by atoms with van der Waals surface area (Å²) in [6.07, 6.45) is 0. The number of aryl methyl sites for hydroxylation is 2. The van der Waals surface area contributed by atoms with E-state index >= 15 is 0 Å². The van der Waals surface area contributed by atoms with Crippen molar-refractivity contribution in [1.82, 2.24) is 0 Å². The summed E-state index contributed by atoms with van der Waals surface area (Å²) in [6.45, 7) is 5.38. The van der Waals surface area contributed by atoms with Crippen molar-refractivity contribution in [3.63, 3.8) is 0 Å². The van der Waals surface area contributed by atoms with Crippen LogP contribution in [0.1, 0.15) is 49.1 Å². The molecule has 3 aromatic rings. The quantitative estimate of drug-likeness (QED) is 0.605. The number of anilines is 2. The zero-order valence-electron chi connectivity index (χ0n) is 16.6. The lowest BCUT2D eigenvalue weighted by molar-refractivity contribution is 0.101. The summed E-state index contributed by atoms with van der Waals surface area (Å²) < 4.78 is 0. The minimum Gasteiger partial charge on any atom is -0.322 e. The van der Waals surface area contributed by atoms with Crippen molar-refractivity contribution in [2.24, 2.45) is 0 Å². The van der Waals surface area contributed by atoms with Crippen molar-refractivity contribution in [2.75, 3.05) is 10.6 Å². The number of ketones is 1. The second-order valence-corrected chi connectivity index (χ2v) is 6.94. The van der Waals surface area contributed by atoms with Crippen molar-refractivity contribution in [3.05, 3.63) is 94.5 Å². The third-order valence-corrected chi connectivity index (χ3v) is 4.58. The highest BCUT2D eigenvalue weighted by Gasteiger charge is 2.11. The Bertz CT molecular complexity index is 1090. The number of nitrogens with one attached hydrogen (secondary N) is 2. The maximum Gasteiger partial charge on any atom is 0.255 e. The molecule has 0 fully saturated rings. The smallest absolute Gasteiger partial charge is 0.255 e. The third kappa shape index (κ3) is 4.96. The van der Waals surface area contributed by atoms with Gasteiger partial charge in [-0.15, -0.1) is 0 Å². The first-order valence-corrected chi connectivity index (χ1v) is 9.24. The number of carbonyl (C=O) groups is 3. The highest BCUT2D eigenvalue weighted by Crippen LogP contribution is 2.18. The van der Waals surface area contributed by atoms with E-state index in [-0.39, 0.29) is 17.6 Å². The summed E-state index contributed by atoms with van der Waals surface area (Å²) in [5.74, 6) is -0.618. The average molecular weight is 386 g/mol. The molecule has 0 saturated carbocycles. The van der Waals surface area contributed by atoms with E-state index in [0.717, 1.165) is 16.8 Å². The molecule has 0 spiro atoms. The van der Waals surface area contributed by atoms with Crippen LogP contribution in [0.4, 0.5) is 11.4 Å². The fourth-order valence-corrected chi connectivity index (χ4v) is 2.86. The minimum atomic E-state index is -0.313. The molecule has 0 radical (unpaired) electrons. The summed E-state index contributed by atoms with van der Waals surface area (Å²) in [5.41, 5.74) is 4.75. The maximum atomic E-state index is 12.5. The number of hydrogen-bond donors (Lipinski definition) is 2. The van der Waals surface area contributed by atoms with Gasteiger partial charge in [-0.25, -0.2) is 0 Å². The van der Waals surface area contributed by atoms with Gasteiger partial charge in [-0.1, -0.05) is 24.3 Å². The molecule has 0 aliphatic heterocycles. The van der Waals surface area contributed by atoms with Gasteiger partial charge in [-0.2, -0.15) is 0 Å². The number of carbonyl (C=O) groups excluding carboxylic acids is 3. The molecule has 29 heavy (non-hydrogen) atoms. The lowest BCUT2D eigenvalue weighted by atomic mass is 10.1. The molecule has 0 heterocycles. The van der Waals surface area contributed by atoms with E-state index in [9.17, 15) is 14.4 Å². The standard InChI is InChI=1S/C24H22N2O3/c1-15-7-8-16(2)22(13-15)26-24(29)19-11-9-18(10-12-19)23(28)25-21-6-4-5-20(14-21)17(3)27/h4-14H,1-3H3,(H,25,28)(H,26,29). The van der Waals surface area contributed by atoms with Crippen molar-refractivity contribution >= 4 is 29.0 Å². The lowest BCUT2D eigenvalue weighted by Crippen LogP contribution is -2.15. The van der Waals surface area contributed by atoms with E-state index in [2.05, 4.69) is 10.6 Å². The zero-order chi connectivity index (χ0) is 21.0. The van der Waals surface area contributed by atoms with Gasteiger partial charge in [0.05, 0.1) is 0 Å². The Labute approximate surface area is 169 Å². The van der Waals surface area contributed by atoms with Gasteiger partial charge in [0.15, 0.2) is 5.78 Å². The molecule has 0 unspecified atom stereocenters. The minimum absolute atomic E-state index is 0.0692. The molecule has 2 amide bonds. The van der Waals surface area contributed by atoms with Gasteiger partial charge in [0.2, 0.25) is 0 Å². The first kappa shape index (κ1) is 20.0. The Morgan fingerprint density at radius 1 is 0.690 bits per heavy atom. The highest BCUT2D eigenvalue weighted by molar-refractivity contribution is 6.07. The zero-order valence-corrected chi connectivity index (χ0v) is 16.6. The first-order chi connectivity index (χ1) is 13.8. The van der Waals surface area contributed by atoms with E-state index in [0.29, 0.717) is 22.4 Å². The summed E-state index contributed by atoms with van der Waals surface area (Å²) in [6, 6.07) is 19.1. The molecule has 0 saturated heterocycles. The van der Waals surface area contributed by atoms with E-state index in [1.54, 1.807) is 48.5 Å². The molecule has 0 aliphatic rings. The van der Waals surface area contributed by atoms with Crippen LogP contribution in [0.5, 0.6) is 0 Å². The van der Waals surface area contributed by atoms with Gasteiger partial charge in [0.1, 0.15) is 0 Å². The van der Waals surface area contributed by atoms with E-state index in [1.807, 2.05) is 32.0 Å². The predicted octanol–water partition coefficient (Wildman–Crippen LogP) is 5.01. The van der Waals surface area contributed by atoms with Gasteiger partial charge < -0.3 is 10.6 Å². The summed E-state index contributed by atoms with van der Waals surface area (Å²) in [5, 5.41) is 5.67. The lowest BCUT2D eigenvalue weighted by Gasteiger charge is -2.10. The van der Waals surface area contributed by atoms with E-state index < -0.39 is 0 Å². The molecule has 5 heteroatoms. The molecule has 0 bridgehead atoms. The Hall–Kier alpha value is -3.73. The third-order valence-electron chi connectivity index (χ3n) is 4.58. The van der Waals surface area contributed by atoms with Crippen LogP contribution in [0.2, 0.25) is 0 Å². The van der Waals surface area contributed by atoms with Crippen LogP contribution in [0.3, 0.4) is 0 Å². The van der Waals surface area contributed by atoms with Gasteiger partial charge in [-0.3, -0.25) is 14.4 Å². The van der Waals surface area contributed by atoms with Gasteiger partial charge in [-0.05, 0) is 74.4 Å². The van der Waals surface area contributed by atoms with Crippen LogP contribution in [-0.4, -0.2) is 17.6 Å². The number of benzene rings is 3. The summed E-state index contributed by atoms with van der Waals surface area (Å²) >= 11 is 0. The highest BCUT2D eigenvalue weighted by atomic mass is 16.2. The normalized spacial score (nSPS) is 10.3. The Kier molecular flexibility index (Phi) is 5.88. The van der Waals surface area contributed by atoms with Crippen LogP contribution in [0.15, 0.2) is 66.7 Å². The van der Waals surface area contributed by atoms with Gasteiger partial charge in [0, 0.05) is 28.1 Å². The molecule has 2 N–H and O–H groups in total. The van der Waals surface area contributed by atoms with E-state index in [1.165, 1.54) is 6.92 Å². The Morgan fingerprint density at radius 2 is 1.31 bits per heavy atom. The Balaban J connectivity index is 1.70. The topological polar surface area (TPSA) is 75.3 Å². The number of Topliss-reactive ketones (excluding diaryl/α,β-unsaturated/α-hetero) is 1. The first-order valence-electron chi connectivity index (χ1n) is 9.24. The summed E-state index contributed by atoms with van der Waals surface area (Å²) in [7, 11) is 0. The Morgan fingerprint density at radius 3 is 1.93 bits per heavy atom.